The van der Waals surface area contributed by atoms with Crippen molar-refractivity contribution < 1.29 is 22.3 Å². The van der Waals surface area contributed by atoms with Gasteiger partial charge in [0, 0.05) is 16.8 Å². The topological polar surface area (TPSA) is 76.0 Å². The molecule has 10 heteroatoms. The molecule has 1 amide bonds. The van der Waals surface area contributed by atoms with Gasteiger partial charge in [-0.05, 0) is 42.0 Å². The number of carbonyl (C=O) groups is 1. The van der Waals surface area contributed by atoms with E-state index >= 15 is 0 Å². The molecule has 2 saturated heterocycles. The third kappa shape index (κ3) is 4.96. The van der Waals surface area contributed by atoms with Gasteiger partial charge in [-0.15, -0.1) is 0 Å². The molecule has 158 valence electrons. The lowest BCUT2D eigenvalue weighted by Crippen LogP contribution is -2.37. The number of benzene rings is 2. The molecule has 4 rings (SSSR count). The molecule has 0 aromatic heterocycles. The molecule has 2 heterocycles. The Morgan fingerprint density at radius 3 is 2.57 bits per heavy atom. The Balaban J connectivity index is 1.50. The van der Waals surface area contributed by atoms with Crippen LogP contribution in [0.4, 0.5) is 4.39 Å². The number of amides is 1. The fraction of sp³-hybridized carbons (Fsp3) is 0.300. The Bertz CT molecular complexity index is 1070. The molecule has 2 aromatic carbocycles. The maximum absolute atomic E-state index is 13.2. The maximum Gasteiger partial charge on any atom is 0.285 e. The minimum Gasteiger partial charge on any atom is -0.484 e. The summed E-state index contributed by atoms with van der Waals surface area (Å²) in [5.74, 6) is -0.256. The molecular formula is C20H18ClFN2O4S2. The van der Waals surface area contributed by atoms with Gasteiger partial charge in [0.15, 0.2) is 21.6 Å². The summed E-state index contributed by atoms with van der Waals surface area (Å²) < 4.78 is 42.8. The van der Waals surface area contributed by atoms with Crippen molar-refractivity contribution in [3.8, 4) is 5.75 Å². The van der Waals surface area contributed by atoms with E-state index < -0.39 is 15.7 Å². The number of amidine groups is 1. The van der Waals surface area contributed by atoms with Crippen molar-refractivity contribution in [2.45, 2.75) is 17.8 Å². The summed E-state index contributed by atoms with van der Waals surface area (Å²) in [6.45, 7) is 0.0951. The van der Waals surface area contributed by atoms with Gasteiger partial charge in [0.25, 0.3) is 5.91 Å². The normalized spacial score (nSPS) is 23.5. The zero-order valence-corrected chi connectivity index (χ0v) is 18.1. The zero-order valence-electron chi connectivity index (χ0n) is 15.7. The standard InChI is InChI=1S/C20H18ClFN2O4S2/c21-14-3-7-16(8-4-14)28-10-19(25)23-20-24(9-13-1-5-15(22)6-2-13)17-11-30(26,27)12-18(17)29-20/h1-8,17-18H,9-12H2/t17-,18+/m0/s1. The number of hydrogen-bond donors (Lipinski definition) is 0. The number of hydrogen-bond acceptors (Lipinski definition) is 5. The zero-order chi connectivity index (χ0) is 21.3. The van der Waals surface area contributed by atoms with Crippen molar-refractivity contribution in [3.63, 3.8) is 0 Å². The highest BCUT2D eigenvalue weighted by atomic mass is 35.5. The largest absolute Gasteiger partial charge is 0.484 e. The van der Waals surface area contributed by atoms with E-state index in [0.717, 1.165) is 5.56 Å². The quantitative estimate of drug-likeness (QED) is 0.671. The molecule has 2 aliphatic heterocycles. The van der Waals surface area contributed by atoms with Crippen molar-refractivity contribution in [2.24, 2.45) is 4.99 Å². The lowest BCUT2D eigenvalue weighted by molar-refractivity contribution is -0.119. The number of halogens is 2. The monoisotopic (exact) mass is 468 g/mol. The number of ether oxygens (including phenoxy) is 1. The van der Waals surface area contributed by atoms with Gasteiger partial charge in [0.2, 0.25) is 0 Å². The first-order valence-electron chi connectivity index (χ1n) is 9.17. The van der Waals surface area contributed by atoms with Gasteiger partial charge in [-0.2, -0.15) is 4.99 Å². The van der Waals surface area contributed by atoms with E-state index in [0.29, 0.717) is 22.5 Å². The van der Waals surface area contributed by atoms with E-state index in [2.05, 4.69) is 4.99 Å². The molecule has 2 aromatic rings. The van der Waals surface area contributed by atoms with Crippen molar-refractivity contribution in [1.82, 2.24) is 4.90 Å². The number of carbonyl (C=O) groups excluding carboxylic acids is 1. The van der Waals surface area contributed by atoms with Gasteiger partial charge in [-0.3, -0.25) is 4.79 Å². The lowest BCUT2D eigenvalue weighted by Gasteiger charge is -2.24. The molecule has 2 fully saturated rings. The summed E-state index contributed by atoms with van der Waals surface area (Å²) in [5.41, 5.74) is 0.805. The average molecular weight is 469 g/mol. The molecule has 2 atom stereocenters. The van der Waals surface area contributed by atoms with Gasteiger partial charge >= 0.3 is 0 Å². The highest BCUT2D eigenvalue weighted by Gasteiger charge is 2.48. The van der Waals surface area contributed by atoms with E-state index in [1.807, 2.05) is 4.90 Å². The molecule has 0 spiro atoms. The third-order valence-electron chi connectivity index (χ3n) is 4.84. The van der Waals surface area contributed by atoms with Crippen LogP contribution in [-0.2, 0) is 21.2 Å². The number of thioether (sulfide) groups is 1. The minimum absolute atomic E-state index is 0.0142. The van der Waals surface area contributed by atoms with Crippen molar-refractivity contribution in [3.05, 3.63) is 64.9 Å². The molecule has 2 aliphatic rings. The summed E-state index contributed by atoms with van der Waals surface area (Å²) in [6.07, 6.45) is 0. The van der Waals surface area contributed by atoms with E-state index in [1.54, 1.807) is 36.4 Å². The Morgan fingerprint density at radius 1 is 1.17 bits per heavy atom. The summed E-state index contributed by atoms with van der Waals surface area (Å²) >= 11 is 7.12. The molecule has 30 heavy (non-hydrogen) atoms. The second-order valence-electron chi connectivity index (χ2n) is 7.09. The maximum atomic E-state index is 13.2. The number of sulfone groups is 1. The highest BCUT2D eigenvalue weighted by molar-refractivity contribution is 8.15. The molecule has 0 unspecified atom stereocenters. The van der Waals surface area contributed by atoms with Crippen molar-refractivity contribution in [2.75, 3.05) is 18.1 Å². The minimum atomic E-state index is -3.14. The van der Waals surface area contributed by atoms with Crippen molar-refractivity contribution in [1.29, 1.82) is 0 Å². The first kappa shape index (κ1) is 21.1. The smallest absolute Gasteiger partial charge is 0.285 e. The highest BCUT2D eigenvalue weighted by Crippen LogP contribution is 2.39. The van der Waals surface area contributed by atoms with Crippen LogP contribution in [0.2, 0.25) is 5.02 Å². The van der Waals surface area contributed by atoms with Crippen LogP contribution >= 0.6 is 23.4 Å². The van der Waals surface area contributed by atoms with E-state index in [4.69, 9.17) is 16.3 Å². The summed E-state index contributed by atoms with van der Waals surface area (Å²) in [6, 6.07) is 12.3. The SMILES string of the molecule is O=C(COc1ccc(Cl)cc1)N=C1S[C@@H]2CS(=O)(=O)C[C@@H]2N1Cc1ccc(F)cc1. The van der Waals surface area contributed by atoms with Crippen molar-refractivity contribution >= 4 is 44.3 Å². The Hall–Kier alpha value is -2.10. The summed E-state index contributed by atoms with van der Waals surface area (Å²) in [7, 11) is -3.14. The van der Waals surface area contributed by atoms with E-state index in [9.17, 15) is 17.6 Å². The number of rotatable bonds is 5. The van der Waals surface area contributed by atoms with Gasteiger partial charge in [0.05, 0.1) is 17.5 Å². The van der Waals surface area contributed by atoms with Gasteiger partial charge in [0.1, 0.15) is 11.6 Å². The summed E-state index contributed by atoms with van der Waals surface area (Å²) in [5, 5.41) is 0.849. The lowest BCUT2D eigenvalue weighted by atomic mass is 10.1. The number of nitrogens with zero attached hydrogens (tertiary/aromatic N) is 2. The summed E-state index contributed by atoms with van der Waals surface area (Å²) in [4.78, 5) is 18.4. The third-order valence-corrected chi connectivity index (χ3v) is 8.34. The molecule has 6 nitrogen and oxygen atoms in total. The number of fused-ring (bicyclic) bond motifs is 1. The van der Waals surface area contributed by atoms with E-state index in [-0.39, 0.29) is 35.2 Å². The van der Waals surface area contributed by atoms with Crippen LogP contribution < -0.4 is 4.74 Å². The Labute approximate surface area is 183 Å². The average Bonchev–Trinajstić information content (AvgIpc) is 3.15. The molecule has 0 bridgehead atoms. The molecule has 0 N–H and O–H groups in total. The molecular weight excluding hydrogens is 451 g/mol. The predicted octanol–water partition coefficient (Wildman–Crippen LogP) is 3.16. The molecule has 0 aliphatic carbocycles. The number of aliphatic imine (C=N–C) groups is 1. The van der Waals surface area contributed by atoms with Crippen LogP contribution in [0.3, 0.4) is 0 Å². The molecule has 0 radical (unpaired) electrons. The second-order valence-corrected chi connectivity index (χ2v) is 10.9. The Kier molecular flexibility index (Phi) is 6.04. The van der Waals surface area contributed by atoms with Crippen LogP contribution in [0.5, 0.6) is 5.75 Å². The first-order valence-corrected chi connectivity index (χ1v) is 12.2. The fourth-order valence-corrected chi connectivity index (χ4v) is 7.52. The second kappa shape index (κ2) is 8.56. The first-order chi connectivity index (χ1) is 14.3. The van der Waals surface area contributed by atoms with Gasteiger partial charge < -0.3 is 9.64 Å². The Morgan fingerprint density at radius 2 is 1.87 bits per heavy atom. The van der Waals surface area contributed by atoms with E-state index in [1.165, 1.54) is 23.9 Å². The van der Waals surface area contributed by atoms with Gasteiger partial charge in [-0.1, -0.05) is 35.5 Å². The van der Waals surface area contributed by atoms with Crippen LogP contribution in [-0.4, -0.2) is 53.8 Å². The van der Waals surface area contributed by atoms with Gasteiger partial charge in [-0.25, -0.2) is 12.8 Å². The van der Waals surface area contributed by atoms with Crippen LogP contribution in [0, 0.1) is 5.82 Å². The molecule has 0 saturated carbocycles. The van der Waals surface area contributed by atoms with Crippen LogP contribution in [0.15, 0.2) is 53.5 Å². The predicted molar refractivity (Wildman–Crippen MR) is 115 cm³/mol. The van der Waals surface area contributed by atoms with Crippen LogP contribution in [0.25, 0.3) is 0 Å². The fourth-order valence-electron chi connectivity index (χ4n) is 3.42. The van der Waals surface area contributed by atoms with Crippen LogP contribution in [0.1, 0.15) is 5.56 Å².